The maximum Gasteiger partial charge on any atom is 0.224 e. The second kappa shape index (κ2) is 3.27. The quantitative estimate of drug-likeness (QED) is 0.641. The largest absolute Gasteiger partial charge is 0.368 e. The number of nitrogens with zero attached hydrogens (tertiary/aromatic N) is 5. The van der Waals surface area contributed by atoms with Crippen LogP contribution < -0.4 is 5.73 Å². The zero-order valence-corrected chi connectivity index (χ0v) is 9.47. The molecule has 0 amide bonds. The normalized spacial score (nSPS) is 11.2. The molecule has 0 spiro atoms. The summed E-state index contributed by atoms with van der Waals surface area (Å²) in [6.07, 6.45) is 3.29. The molecule has 0 saturated heterocycles. The first-order valence-corrected chi connectivity index (χ1v) is 5.14. The lowest BCUT2D eigenvalue weighted by molar-refractivity contribution is 0.953. The van der Waals surface area contributed by atoms with E-state index in [-0.39, 0.29) is 5.95 Å². The Morgan fingerprint density at radius 2 is 2.06 bits per heavy atom. The molecule has 0 atom stereocenters. The summed E-state index contributed by atoms with van der Waals surface area (Å²) in [4.78, 5) is 19.6. The van der Waals surface area contributed by atoms with Crippen molar-refractivity contribution in [3.05, 3.63) is 24.0 Å². The lowest BCUT2D eigenvalue weighted by Gasteiger charge is -2.05. The SMILES string of the molecule is Cc1ncn(-c2nc(N)nc3nc[nH]c23)c1C. The molecule has 86 valence electrons. The fourth-order valence-electron chi connectivity index (χ4n) is 1.72. The van der Waals surface area contributed by atoms with Gasteiger partial charge in [0, 0.05) is 5.69 Å². The third kappa shape index (κ3) is 1.36. The minimum Gasteiger partial charge on any atom is -0.368 e. The van der Waals surface area contributed by atoms with E-state index in [1.807, 2.05) is 18.4 Å². The van der Waals surface area contributed by atoms with Gasteiger partial charge in [-0.1, -0.05) is 0 Å². The third-order valence-corrected chi connectivity index (χ3v) is 2.76. The van der Waals surface area contributed by atoms with Gasteiger partial charge >= 0.3 is 0 Å². The van der Waals surface area contributed by atoms with Crippen molar-refractivity contribution in [1.82, 2.24) is 29.5 Å². The molecule has 0 saturated carbocycles. The second-order valence-corrected chi connectivity index (χ2v) is 3.79. The maximum absolute atomic E-state index is 5.67. The highest BCUT2D eigenvalue weighted by Gasteiger charge is 2.13. The Kier molecular flexibility index (Phi) is 1.88. The van der Waals surface area contributed by atoms with E-state index in [0.717, 1.165) is 16.9 Å². The molecule has 0 aliphatic rings. The van der Waals surface area contributed by atoms with Crippen molar-refractivity contribution in [1.29, 1.82) is 0 Å². The number of nitrogens with two attached hydrogens (primary N) is 1. The number of aromatic nitrogens is 6. The fraction of sp³-hybridized carbons (Fsp3) is 0.200. The van der Waals surface area contributed by atoms with E-state index in [2.05, 4.69) is 24.9 Å². The van der Waals surface area contributed by atoms with Gasteiger partial charge in [0.15, 0.2) is 11.5 Å². The molecule has 3 aromatic heterocycles. The fourth-order valence-corrected chi connectivity index (χ4v) is 1.72. The number of aryl methyl sites for hydroxylation is 1. The average Bonchev–Trinajstić information content (AvgIpc) is 2.87. The summed E-state index contributed by atoms with van der Waals surface area (Å²) in [5, 5.41) is 0. The molecule has 3 aromatic rings. The van der Waals surface area contributed by atoms with Crippen molar-refractivity contribution in [3.63, 3.8) is 0 Å². The number of rotatable bonds is 1. The summed E-state index contributed by atoms with van der Waals surface area (Å²) in [6.45, 7) is 3.92. The van der Waals surface area contributed by atoms with E-state index >= 15 is 0 Å². The number of imidazole rings is 2. The first-order valence-electron chi connectivity index (χ1n) is 5.14. The minimum atomic E-state index is 0.199. The molecule has 0 bridgehead atoms. The molecular formula is C10H11N7. The number of nitrogens with one attached hydrogen (secondary N) is 1. The van der Waals surface area contributed by atoms with E-state index in [1.54, 1.807) is 12.7 Å². The lowest BCUT2D eigenvalue weighted by atomic mass is 10.3. The minimum absolute atomic E-state index is 0.199. The van der Waals surface area contributed by atoms with Crippen molar-refractivity contribution in [2.75, 3.05) is 5.73 Å². The average molecular weight is 229 g/mol. The second-order valence-electron chi connectivity index (χ2n) is 3.79. The van der Waals surface area contributed by atoms with Crippen molar-refractivity contribution >= 4 is 17.1 Å². The number of hydrogen-bond acceptors (Lipinski definition) is 5. The zero-order valence-electron chi connectivity index (χ0n) is 9.47. The maximum atomic E-state index is 5.67. The predicted molar refractivity (Wildman–Crippen MR) is 62.7 cm³/mol. The lowest BCUT2D eigenvalue weighted by Crippen LogP contribution is -2.04. The van der Waals surface area contributed by atoms with Gasteiger partial charge < -0.3 is 10.7 Å². The van der Waals surface area contributed by atoms with Gasteiger partial charge in [-0.25, -0.2) is 9.97 Å². The Morgan fingerprint density at radius 3 is 2.76 bits per heavy atom. The van der Waals surface area contributed by atoms with Gasteiger partial charge in [0.25, 0.3) is 0 Å². The van der Waals surface area contributed by atoms with Crippen LogP contribution in [-0.4, -0.2) is 29.5 Å². The molecule has 0 fully saturated rings. The highest BCUT2D eigenvalue weighted by Crippen LogP contribution is 2.19. The Hall–Kier alpha value is -2.44. The van der Waals surface area contributed by atoms with Gasteiger partial charge in [-0.2, -0.15) is 9.97 Å². The third-order valence-electron chi connectivity index (χ3n) is 2.76. The highest BCUT2D eigenvalue weighted by atomic mass is 15.2. The van der Waals surface area contributed by atoms with Crippen LogP contribution in [0.25, 0.3) is 17.0 Å². The van der Waals surface area contributed by atoms with Crippen LogP contribution in [0.3, 0.4) is 0 Å². The van der Waals surface area contributed by atoms with Gasteiger partial charge in [0.2, 0.25) is 5.95 Å². The molecule has 0 aliphatic heterocycles. The summed E-state index contributed by atoms with van der Waals surface area (Å²) < 4.78 is 1.87. The molecule has 17 heavy (non-hydrogen) atoms. The molecule has 0 radical (unpaired) electrons. The van der Waals surface area contributed by atoms with Crippen molar-refractivity contribution < 1.29 is 0 Å². The number of H-pyrrole nitrogens is 1. The van der Waals surface area contributed by atoms with E-state index < -0.39 is 0 Å². The van der Waals surface area contributed by atoms with Gasteiger partial charge in [0.05, 0.1) is 12.0 Å². The van der Waals surface area contributed by atoms with Gasteiger partial charge in [-0.15, -0.1) is 0 Å². The summed E-state index contributed by atoms with van der Waals surface area (Å²) in [5.41, 5.74) is 8.94. The highest BCUT2D eigenvalue weighted by molar-refractivity contribution is 5.79. The van der Waals surface area contributed by atoms with Crippen LogP contribution in [0, 0.1) is 13.8 Å². The van der Waals surface area contributed by atoms with Gasteiger partial charge in [-0.05, 0) is 13.8 Å². The Bertz CT molecular complexity index is 694. The molecule has 7 heteroatoms. The first kappa shape index (κ1) is 9.76. The number of nitrogen functional groups attached to an aromatic ring is 1. The van der Waals surface area contributed by atoms with Crippen LogP contribution in [0.15, 0.2) is 12.7 Å². The van der Waals surface area contributed by atoms with Crippen molar-refractivity contribution in [3.8, 4) is 5.82 Å². The van der Waals surface area contributed by atoms with Crippen molar-refractivity contribution in [2.24, 2.45) is 0 Å². The number of hydrogen-bond donors (Lipinski definition) is 2. The van der Waals surface area contributed by atoms with E-state index in [9.17, 15) is 0 Å². The predicted octanol–water partition coefficient (Wildman–Crippen LogP) is 0.738. The molecular weight excluding hydrogens is 218 g/mol. The smallest absolute Gasteiger partial charge is 0.224 e. The Morgan fingerprint density at radius 1 is 1.24 bits per heavy atom. The Labute approximate surface area is 96.7 Å². The van der Waals surface area contributed by atoms with Crippen LogP contribution in [0.4, 0.5) is 5.95 Å². The zero-order chi connectivity index (χ0) is 12.0. The summed E-state index contributed by atoms with van der Waals surface area (Å²) in [6, 6.07) is 0. The van der Waals surface area contributed by atoms with E-state index in [0.29, 0.717) is 11.5 Å². The first-order chi connectivity index (χ1) is 8.16. The van der Waals surface area contributed by atoms with Crippen LogP contribution in [-0.2, 0) is 0 Å². The van der Waals surface area contributed by atoms with Crippen LogP contribution in [0.5, 0.6) is 0 Å². The molecule has 0 unspecified atom stereocenters. The molecule has 3 rings (SSSR count). The van der Waals surface area contributed by atoms with Crippen molar-refractivity contribution in [2.45, 2.75) is 13.8 Å². The summed E-state index contributed by atoms with van der Waals surface area (Å²) >= 11 is 0. The van der Waals surface area contributed by atoms with Crippen LogP contribution >= 0.6 is 0 Å². The van der Waals surface area contributed by atoms with Gasteiger partial charge in [-0.3, -0.25) is 4.57 Å². The molecule has 7 nitrogen and oxygen atoms in total. The standard InChI is InChI=1S/C10H11N7/c1-5-6(2)17(4-14-5)9-7-8(13-3-12-7)15-10(11)16-9/h3-4H,1-2H3,(H3,11,12,13,15,16). The van der Waals surface area contributed by atoms with Gasteiger partial charge in [0.1, 0.15) is 11.8 Å². The number of aromatic amines is 1. The monoisotopic (exact) mass is 229 g/mol. The van der Waals surface area contributed by atoms with Crippen LogP contribution in [0.1, 0.15) is 11.4 Å². The topological polar surface area (TPSA) is 98.3 Å². The molecule has 0 aliphatic carbocycles. The van der Waals surface area contributed by atoms with E-state index in [1.165, 1.54) is 0 Å². The number of anilines is 1. The van der Waals surface area contributed by atoms with Crippen LogP contribution in [0.2, 0.25) is 0 Å². The Balaban J connectivity index is 2.36. The van der Waals surface area contributed by atoms with E-state index in [4.69, 9.17) is 5.73 Å². The number of fused-ring (bicyclic) bond motifs is 1. The molecule has 0 aromatic carbocycles. The molecule has 3 N–H and O–H groups in total. The molecule has 3 heterocycles. The summed E-state index contributed by atoms with van der Waals surface area (Å²) in [7, 11) is 0. The summed E-state index contributed by atoms with van der Waals surface area (Å²) in [5.74, 6) is 0.869.